The molecule has 52 valence electrons. The van der Waals surface area contributed by atoms with Crippen LogP contribution in [0.5, 0.6) is 0 Å². The van der Waals surface area contributed by atoms with Gasteiger partial charge in [-0.25, -0.2) is 0 Å². The molecule has 0 aliphatic heterocycles. The molecule has 0 saturated carbocycles. The highest BCUT2D eigenvalue weighted by molar-refractivity contribution is 7.17. The van der Waals surface area contributed by atoms with Crippen LogP contribution in [-0.2, 0) is 5.41 Å². The Balaban J connectivity index is 2.96. The van der Waals surface area contributed by atoms with Crippen LogP contribution in [0.3, 0.4) is 0 Å². The maximum atomic E-state index is 5.48. The summed E-state index contributed by atoms with van der Waals surface area (Å²) in [7, 11) is 5.48. The third-order valence-electron chi connectivity index (χ3n) is 1.29. The quantitative estimate of drug-likeness (QED) is 0.508. The van der Waals surface area contributed by atoms with Crippen molar-refractivity contribution in [1.29, 1.82) is 0 Å². The van der Waals surface area contributed by atoms with Crippen LogP contribution in [0.2, 0.25) is 0 Å². The molecule has 10 heavy (non-hydrogen) atoms. The lowest BCUT2D eigenvalue weighted by Gasteiger charge is -2.14. The van der Waals surface area contributed by atoms with Gasteiger partial charge in [0.25, 0.3) is 0 Å². The van der Waals surface area contributed by atoms with Gasteiger partial charge in [0.15, 0.2) is 7.85 Å². The highest BCUT2D eigenvalue weighted by Gasteiger charge is 2.15. The summed E-state index contributed by atoms with van der Waals surface area (Å²) in [6.45, 7) is 6.38. The smallest absolute Gasteiger partial charge is 0.157 e. The molecular weight excluding hydrogens is 141 g/mol. The van der Waals surface area contributed by atoms with Crippen LogP contribution in [0.1, 0.15) is 26.5 Å². The zero-order chi connectivity index (χ0) is 7.78. The summed E-state index contributed by atoms with van der Waals surface area (Å²) in [5.74, 6) is 0. The van der Waals surface area contributed by atoms with Gasteiger partial charge in [0, 0.05) is 15.7 Å². The number of nitrogens with zero attached hydrogens (tertiary/aromatic N) is 1. The first-order valence-corrected chi connectivity index (χ1v) is 4.09. The Labute approximate surface area is 66.9 Å². The molecule has 0 aliphatic carbocycles. The van der Waals surface area contributed by atoms with Crippen LogP contribution < -0.4 is 4.91 Å². The van der Waals surface area contributed by atoms with Gasteiger partial charge in [0.1, 0.15) is 0 Å². The zero-order valence-corrected chi connectivity index (χ0v) is 7.33. The van der Waals surface area contributed by atoms with Crippen molar-refractivity contribution >= 4 is 24.1 Å². The van der Waals surface area contributed by atoms with Crippen LogP contribution in [0.25, 0.3) is 0 Å². The minimum absolute atomic E-state index is 0.133. The molecular formula is C7H10BNS. The van der Waals surface area contributed by atoms with Crippen molar-refractivity contribution in [3.05, 3.63) is 11.1 Å². The lowest BCUT2D eigenvalue weighted by Crippen LogP contribution is -2.13. The molecule has 1 heterocycles. The van der Waals surface area contributed by atoms with Gasteiger partial charge in [-0.3, -0.25) is 4.98 Å². The lowest BCUT2D eigenvalue weighted by atomic mass is 9.93. The average Bonchev–Trinajstić information content (AvgIpc) is 2.11. The Bertz CT molecular complexity index is 224. The fourth-order valence-corrected chi connectivity index (χ4v) is 1.42. The van der Waals surface area contributed by atoms with Crippen LogP contribution in [0.15, 0.2) is 5.38 Å². The first kappa shape index (κ1) is 7.80. The van der Waals surface area contributed by atoms with Gasteiger partial charge in [-0.1, -0.05) is 20.8 Å². The predicted octanol–water partition coefficient (Wildman–Crippen LogP) is 1.23. The van der Waals surface area contributed by atoms with Crippen LogP contribution in [0, 0.1) is 0 Å². The molecule has 0 saturated heterocycles. The van der Waals surface area contributed by atoms with E-state index in [2.05, 4.69) is 25.8 Å². The number of hydrogen-bond acceptors (Lipinski definition) is 2. The summed E-state index contributed by atoms with van der Waals surface area (Å²) >= 11 is 1.50. The Kier molecular flexibility index (Phi) is 1.86. The van der Waals surface area contributed by atoms with Crippen molar-refractivity contribution in [2.24, 2.45) is 0 Å². The van der Waals surface area contributed by atoms with Crippen molar-refractivity contribution in [1.82, 2.24) is 4.98 Å². The second-order valence-corrected chi connectivity index (χ2v) is 4.21. The first-order chi connectivity index (χ1) is 4.50. The van der Waals surface area contributed by atoms with Crippen molar-refractivity contribution in [2.75, 3.05) is 0 Å². The predicted molar refractivity (Wildman–Crippen MR) is 46.2 cm³/mol. The fourth-order valence-electron chi connectivity index (χ4n) is 0.632. The van der Waals surface area contributed by atoms with E-state index in [1.165, 1.54) is 11.3 Å². The van der Waals surface area contributed by atoms with Gasteiger partial charge in [-0.15, -0.1) is 11.3 Å². The Morgan fingerprint density at radius 1 is 1.50 bits per heavy atom. The maximum Gasteiger partial charge on any atom is 0.157 e. The molecule has 0 spiro atoms. The molecule has 0 aromatic carbocycles. The van der Waals surface area contributed by atoms with E-state index in [-0.39, 0.29) is 5.41 Å². The monoisotopic (exact) mass is 151 g/mol. The molecule has 0 aliphatic rings. The van der Waals surface area contributed by atoms with Gasteiger partial charge in [-0.05, 0) is 0 Å². The van der Waals surface area contributed by atoms with Gasteiger partial charge in [-0.2, -0.15) is 0 Å². The van der Waals surface area contributed by atoms with E-state index >= 15 is 0 Å². The van der Waals surface area contributed by atoms with Crippen molar-refractivity contribution in [2.45, 2.75) is 26.2 Å². The van der Waals surface area contributed by atoms with E-state index in [1.54, 1.807) is 0 Å². The number of rotatable bonds is 0. The molecule has 1 aromatic heterocycles. The van der Waals surface area contributed by atoms with Crippen molar-refractivity contribution < 1.29 is 0 Å². The summed E-state index contributed by atoms with van der Waals surface area (Å²) < 4.78 is 0. The SMILES string of the molecule is [B]c1nc(C(C)(C)C)cs1. The fraction of sp³-hybridized carbons (Fsp3) is 0.571. The summed E-state index contributed by atoms with van der Waals surface area (Å²) in [4.78, 5) is 4.84. The Morgan fingerprint density at radius 2 is 2.10 bits per heavy atom. The molecule has 1 aromatic rings. The molecule has 0 N–H and O–H groups in total. The number of thiazole rings is 1. The molecule has 0 amide bonds. The first-order valence-electron chi connectivity index (χ1n) is 3.21. The molecule has 1 nitrogen and oxygen atoms in total. The van der Waals surface area contributed by atoms with E-state index in [0.29, 0.717) is 4.91 Å². The second kappa shape index (κ2) is 2.38. The molecule has 3 heteroatoms. The zero-order valence-electron chi connectivity index (χ0n) is 6.51. The minimum atomic E-state index is 0.133. The van der Waals surface area contributed by atoms with Crippen molar-refractivity contribution in [3.8, 4) is 0 Å². The summed E-state index contributed by atoms with van der Waals surface area (Å²) in [5, 5.41) is 2.01. The summed E-state index contributed by atoms with van der Waals surface area (Å²) in [5.41, 5.74) is 1.21. The molecule has 0 bridgehead atoms. The summed E-state index contributed by atoms with van der Waals surface area (Å²) in [6.07, 6.45) is 0. The summed E-state index contributed by atoms with van der Waals surface area (Å²) in [6, 6.07) is 0. The Morgan fingerprint density at radius 3 is 2.30 bits per heavy atom. The average molecular weight is 151 g/mol. The van der Waals surface area contributed by atoms with Crippen LogP contribution >= 0.6 is 11.3 Å². The minimum Gasteiger partial charge on any atom is -0.258 e. The normalized spacial score (nSPS) is 11.9. The number of aromatic nitrogens is 1. The third kappa shape index (κ3) is 1.60. The maximum absolute atomic E-state index is 5.48. The van der Waals surface area contributed by atoms with Crippen molar-refractivity contribution in [3.63, 3.8) is 0 Å². The van der Waals surface area contributed by atoms with Crippen LogP contribution in [0.4, 0.5) is 0 Å². The standard InChI is InChI=1S/C7H10BNS/c1-7(2,3)5-4-10-6(8)9-5/h4H,1-3H3. The molecule has 0 fully saturated rings. The Hall–Kier alpha value is -0.305. The largest absolute Gasteiger partial charge is 0.258 e. The van der Waals surface area contributed by atoms with Gasteiger partial charge < -0.3 is 0 Å². The molecule has 0 atom stereocenters. The highest BCUT2D eigenvalue weighted by atomic mass is 32.1. The van der Waals surface area contributed by atoms with Gasteiger partial charge in [0.05, 0.1) is 5.69 Å². The molecule has 1 rings (SSSR count). The van der Waals surface area contributed by atoms with E-state index in [1.807, 2.05) is 5.38 Å². The third-order valence-corrected chi connectivity index (χ3v) is 1.96. The van der Waals surface area contributed by atoms with Gasteiger partial charge in [0.2, 0.25) is 0 Å². The van der Waals surface area contributed by atoms with E-state index < -0.39 is 0 Å². The van der Waals surface area contributed by atoms with E-state index in [0.717, 1.165) is 5.69 Å². The van der Waals surface area contributed by atoms with Crippen LogP contribution in [-0.4, -0.2) is 12.8 Å². The topological polar surface area (TPSA) is 12.9 Å². The molecule has 2 radical (unpaired) electrons. The molecule has 0 unspecified atom stereocenters. The highest BCUT2D eigenvalue weighted by Crippen LogP contribution is 2.19. The second-order valence-electron chi connectivity index (χ2n) is 3.32. The van der Waals surface area contributed by atoms with E-state index in [9.17, 15) is 0 Å². The lowest BCUT2D eigenvalue weighted by molar-refractivity contribution is 0.574. The van der Waals surface area contributed by atoms with E-state index in [4.69, 9.17) is 7.85 Å². The number of hydrogen-bond donors (Lipinski definition) is 0. The van der Waals surface area contributed by atoms with Gasteiger partial charge >= 0.3 is 0 Å².